The molecule has 0 aliphatic rings. The van der Waals surface area contributed by atoms with Crippen molar-refractivity contribution in [2.75, 3.05) is 30.9 Å². The van der Waals surface area contributed by atoms with E-state index in [1.54, 1.807) is 18.2 Å². The minimum absolute atomic E-state index is 0.198. The van der Waals surface area contributed by atoms with E-state index >= 15 is 0 Å². The Labute approximate surface area is 173 Å². The molecular weight excluding hydrogens is 389 g/mol. The SMILES string of the molecule is CC(=O)Nc1ccc(C(=O)COC(=O)/C(C#N)=C/c2ccc(N(C)C)cc2)c(F)c1. The number of nitrogens with one attached hydrogen (secondary N) is 1. The number of benzene rings is 2. The van der Waals surface area contributed by atoms with Crippen LogP contribution in [-0.2, 0) is 14.3 Å². The highest BCUT2D eigenvalue weighted by molar-refractivity contribution is 6.02. The number of carbonyl (C=O) groups excluding carboxylic acids is 3. The minimum Gasteiger partial charge on any atom is -0.453 e. The Bertz CT molecular complexity index is 1040. The third-order valence-corrected chi connectivity index (χ3v) is 3.99. The summed E-state index contributed by atoms with van der Waals surface area (Å²) < 4.78 is 19.0. The monoisotopic (exact) mass is 409 g/mol. The number of halogens is 1. The molecule has 2 aromatic rings. The van der Waals surface area contributed by atoms with Crippen LogP contribution in [0.15, 0.2) is 48.0 Å². The van der Waals surface area contributed by atoms with Crippen molar-refractivity contribution >= 4 is 35.1 Å². The standard InChI is InChI=1S/C22H20FN3O4/c1-14(27)25-17-6-9-19(20(23)11-17)21(28)13-30-22(29)16(12-24)10-15-4-7-18(8-5-15)26(2)3/h4-11H,13H2,1-3H3,(H,25,27)/b16-10+. The molecule has 0 bridgehead atoms. The van der Waals surface area contributed by atoms with Crippen molar-refractivity contribution in [1.82, 2.24) is 0 Å². The van der Waals surface area contributed by atoms with Crippen molar-refractivity contribution in [3.8, 4) is 6.07 Å². The van der Waals surface area contributed by atoms with Crippen LogP contribution in [0, 0.1) is 17.1 Å². The highest BCUT2D eigenvalue weighted by Crippen LogP contribution is 2.17. The van der Waals surface area contributed by atoms with Gasteiger partial charge < -0.3 is 15.0 Å². The van der Waals surface area contributed by atoms with Crippen LogP contribution in [-0.4, -0.2) is 38.4 Å². The maximum absolute atomic E-state index is 14.1. The van der Waals surface area contributed by atoms with Crippen LogP contribution in [0.5, 0.6) is 0 Å². The lowest BCUT2D eigenvalue weighted by molar-refractivity contribution is -0.137. The number of hydrogen-bond acceptors (Lipinski definition) is 6. The Kier molecular flexibility index (Phi) is 7.42. The molecule has 30 heavy (non-hydrogen) atoms. The van der Waals surface area contributed by atoms with Crippen molar-refractivity contribution in [2.45, 2.75) is 6.92 Å². The molecule has 0 unspecified atom stereocenters. The second kappa shape index (κ2) is 9.98. The molecule has 0 heterocycles. The Morgan fingerprint density at radius 3 is 2.37 bits per heavy atom. The third-order valence-electron chi connectivity index (χ3n) is 3.99. The molecule has 2 rings (SSSR count). The minimum atomic E-state index is -0.988. The van der Waals surface area contributed by atoms with E-state index in [2.05, 4.69) is 5.32 Å². The summed E-state index contributed by atoms with van der Waals surface area (Å²) in [6, 6.07) is 12.4. The summed E-state index contributed by atoms with van der Waals surface area (Å²) in [6.07, 6.45) is 1.34. The second-order valence-corrected chi connectivity index (χ2v) is 6.53. The molecule has 1 N–H and O–H groups in total. The van der Waals surface area contributed by atoms with Gasteiger partial charge in [0.05, 0.1) is 5.56 Å². The van der Waals surface area contributed by atoms with Crippen LogP contribution in [0.2, 0.25) is 0 Å². The Morgan fingerprint density at radius 1 is 1.17 bits per heavy atom. The number of amides is 1. The third kappa shape index (κ3) is 6.01. The lowest BCUT2D eigenvalue weighted by Crippen LogP contribution is -2.16. The van der Waals surface area contributed by atoms with Gasteiger partial charge in [-0.2, -0.15) is 5.26 Å². The van der Waals surface area contributed by atoms with Crippen LogP contribution in [0.3, 0.4) is 0 Å². The van der Waals surface area contributed by atoms with Crippen LogP contribution in [0.25, 0.3) is 6.08 Å². The number of hydrogen-bond donors (Lipinski definition) is 1. The van der Waals surface area contributed by atoms with E-state index < -0.39 is 24.2 Å². The van der Waals surface area contributed by atoms with Crippen LogP contribution >= 0.6 is 0 Å². The largest absolute Gasteiger partial charge is 0.453 e. The van der Waals surface area contributed by atoms with Crippen molar-refractivity contribution in [1.29, 1.82) is 5.26 Å². The molecule has 1 amide bonds. The van der Waals surface area contributed by atoms with Crippen molar-refractivity contribution in [3.63, 3.8) is 0 Å². The highest BCUT2D eigenvalue weighted by Gasteiger charge is 2.17. The topological polar surface area (TPSA) is 99.5 Å². The molecule has 0 aromatic heterocycles. The number of esters is 1. The molecule has 0 saturated heterocycles. The number of rotatable bonds is 7. The molecule has 0 saturated carbocycles. The van der Waals surface area contributed by atoms with Gasteiger partial charge in [0.15, 0.2) is 6.61 Å². The molecule has 0 radical (unpaired) electrons. The Hall–Kier alpha value is -3.99. The first-order valence-electron chi connectivity index (χ1n) is 8.88. The van der Waals surface area contributed by atoms with E-state index in [0.717, 1.165) is 11.8 Å². The average Bonchev–Trinajstić information content (AvgIpc) is 2.70. The molecule has 0 aliphatic heterocycles. The summed E-state index contributed by atoms with van der Waals surface area (Å²) in [4.78, 5) is 37.2. The normalized spacial score (nSPS) is 10.7. The molecule has 8 heteroatoms. The van der Waals surface area contributed by atoms with Crippen molar-refractivity contribution in [3.05, 3.63) is 65.0 Å². The van der Waals surface area contributed by atoms with E-state index in [1.807, 2.05) is 31.1 Å². The summed E-state index contributed by atoms with van der Waals surface area (Å²) >= 11 is 0. The van der Waals surface area contributed by atoms with Crippen LogP contribution in [0.1, 0.15) is 22.8 Å². The summed E-state index contributed by atoms with van der Waals surface area (Å²) in [5, 5.41) is 11.6. The number of carbonyl (C=O) groups is 3. The first kappa shape index (κ1) is 22.3. The Morgan fingerprint density at radius 2 is 1.83 bits per heavy atom. The zero-order chi connectivity index (χ0) is 22.3. The number of ether oxygens (including phenoxy) is 1. The van der Waals surface area contributed by atoms with Gasteiger partial charge >= 0.3 is 5.97 Å². The van der Waals surface area contributed by atoms with E-state index in [1.165, 1.54) is 25.1 Å². The smallest absolute Gasteiger partial charge is 0.349 e. The van der Waals surface area contributed by atoms with Gasteiger partial charge in [-0.3, -0.25) is 9.59 Å². The van der Waals surface area contributed by atoms with E-state index in [4.69, 9.17) is 4.74 Å². The van der Waals surface area contributed by atoms with Gasteiger partial charge in [0.1, 0.15) is 17.5 Å². The van der Waals surface area contributed by atoms with Gasteiger partial charge in [-0.05, 0) is 42.0 Å². The summed E-state index contributed by atoms with van der Waals surface area (Å²) in [6.45, 7) is 0.543. The number of anilines is 2. The van der Waals surface area contributed by atoms with Gasteiger partial charge in [-0.15, -0.1) is 0 Å². The van der Waals surface area contributed by atoms with E-state index in [-0.39, 0.29) is 22.7 Å². The van der Waals surface area contributed by atoms with Crippen LogP contribution in [0.4, 0.5) is 15.8 Å². The number of nitrogens with zero attached hydrogens (tertiary/aromatic N) is 2. The molecule has 2 aromatic carbocycles. The number of nitriles is 1. The molecule has 0 spiro atoms. The van der Waals surface area contributed by atoms with Gasteiger partial charge in [0.2, 0.25) is 11.7 Å². The van der Waals surface area contributed by atoms with Crippen LogP contribution < -0.4 is 10.2 Å². The fraction of sp³-hybridized carbons (Fsp3) is 0.182. The molecule has 154 valence electrons. The zero-order valence-corrected chi connectivity index (χ0v) is 16.7. The quantitative estimate of drug-likeness (QED) is 0.326. The predicted molar refractivity (Wildman–Crippen MR) is 110 cm³/mol. The first-order valence-corrected chi connectivity index (χ1v) is 8.88. The van der Waals surface area contributed by atoms with E-state index in [0.29, 0.717) is 5.56 Å². The summed E-state index contributed by atoms with van der Waals surface area (Å²) in [7, 11) is 3.77. The first-order chi connectivity index (χ1) is 14.2. The maximum atomic E-state index is 14.1. The lowest BCUT2D eigenvalue weighted by atomic mass is 10.1. The average molecular weight is 409 g/mol. The molecule has 7 nitrogen and oxygen atoms in total. The Balaban J connectivity index is 2.05. The van der Waals surface area contributed by atoms with Gasteiger partial charge in [-0.1, -0.05) is 12.1 Å². The molecule has 0 fully saturated rings. The fourth-order valence-corrected chi connectivity index (χ4v) is 2.48. The second-order valence-electron chi connectivity index (χ2n) is 6.53. The highest BCUT2D eigenvalue weighted by atomic mass is 19.1. The lowest BCUT2D eigenvalue weighted by Gasteiger charge is -2.11. The van der Waals surface area contributed by atoms with Crippen molar-refractivity contribution in [2.24, 2.45) is 0 Å². The number of ketones is 1. The fourth-order valence-electron chi connectivity index (χ4n) is 2.48. The van der Waals surface area contributed by atoms with Gasteiger partial charge in [0, 0.05) is 32.4 Å². The molecule has 0 atom stereocenters. The maximum Gasteiger partial charge on any atom is 0.349 e. The molecular formula is C22H20FN3O4. The van der Waals surface area contributed by atoms with Gasteiger partial charge in [-0.25, -0.2) is 9.18 Å². The predicted octanol–water partition coefficient (Wildman–Crippen LogP) is 3.18. The van der Waals surface area contributed by atoms with E-state index in [9.17, 15) is 24.0 Å². The number of Topliss-reactive ketones (excluding diaryl/α,β-unsaturated/α-hetero) is 1. The zero-order valence-electron chi connectivity index (χ0n) is 16.7. The van der Waals surface area contributed by atoms with Crippen molar-refractivity contribution < 1.29 is 23.5 Å². The molecule has 0 aliphatic carbocycles. The summed E-state index contributed by atoms with van der Waals surface area (Å²) in [5.41, 5.74) is 1.18. The van der Waals surface area contributed by atoms with Gasteiger partial charge in [0.25, 0.3) is 0 Å². The summed E-state index contributed by atoms with van der Waals surface area (Å²) in [5.74, 6) is -3.01.